The second-order valence-electron chi connectivity index (χ2n) is 5.91. The first-order chi connectivity index (χ1) is 13.9. The molecule has 9 heteroatoms. The van der Waals surface area contributed by atoms with Crippen LogP contribution in [0.25, 0.3) is 6.08 Å². The third-order valence-corrected chi connectivity index (χ3v) is 4.91. The largest absolute Gasteiger partial charge is 0.493 e. The van der Waals surface area contributed by atoms with Gasteiger partial charge in [0.05, 0.1) is 19.1 Å². The molecule has 1 aliphatic heterocycles. The highest BCUT2D eigenvalue weighted by Crippen LogP contribution is 2.37. The van der Waals surface area contributed by atoms with Gasteiger partial charge in [-0.1, -0.05) is 18.2 Å². The lowest BCUT2D eigenvalue weighted by molar-refractivity contribution is -0.127. The highest BCUT2D eigenvalue weighted by atomic mass is 32.2. The molecular formula is C20H17FN2O5S. The second-order valence-corrected chi connectivity index (χ2v) is 6.90. The SMILES string of the molecule is COc1cccc(/C=C2/SC(=O)N(CC(=O)Nc3cccc(F)c3)C2=O)c1OC. The number of thioether (sulfide) groups is 1. The third kappa shape index (κ3) is 4.57. The van der Waals surface area contributed by atoms with Crippen molar-refractivity contribution in [2.24, 2.45) is 0 Å². The lowest BCUT2D eigenvalue weighted by atomic mass is 10.1. The Morgan fingerprint density at radius 1 is 1.17 bits per heavy atom. The molecule has 0 radical (unpaired) electrons. The molecule has 1 heterocycles. The molecule has 0 saturated carbocycles. The number of nitrogens with zero attached hydrogens (tertiary/aromatic N) is 1. The van der Waals surface area contributed by atoms with E-state index < -0.39 is 29.4 Å². The Bertz CT molecular complexity index is 1010. The van der Waals surface area contributed by atoms with Crippen LogP contribution in [-0.2, 0) is 9.59 Å². The summed E-state index contributed by atoms with van der Waals surface area (Å²) in [5.74, 6) is -0.817. The number of methoxy groups -OCH3 is 2. The van der Waals surface area contributed by atoms with Gasteiger partial charge in [0.15, 0.2) is 11.5 Å². The van der Waals surface area contributed by atoms with Crippen LogP contribution in [-0.4, -0.2) is 42.7 Å². The Balaban J connectivity index is 1.76. The van der Waals surface area contributed by atoms with Crippen LogP contribution in [0.4, 0.5) is 14.9 Å². The lowest BCUT2D eigenvalue weighted by Crippen LogP contribution is -2.36. The van der Waals surface area contributed by atoms with Crippen molar-refractivity contribution in [1.82, 2.24) is 4.90 Å². The van der Waals surface area contributed by atoms with Crippen molar-refractivity contribution in [2.75, 3.05) is 26.1 Å². The zero-order valence-electron chi connectivity index (χ0n) is 15.6. The van der Waals surface area contributed by atoms with Crippen LogP contribution in [0.5, 0.6) is 11.5 Å². The summed E-state index contributed by atoms with van der Waals surface area (Å²) in [5, 5.41) is 1.89. The third-order valence-electron chi connectivity index (χ3n) is 4.00. The molecule has 29 heavy (non-hydrogen) atoms. The van der Waals surface area contributed by atoms with Gasteiger partial charge < -0.3 is 14.8 Å². The van der Waals surface area contributed by atoms with Crippen LogP contribution < -0.4 is 14.8 Å². The van der Waals surface area contributed by atoms with Crippen molar-refractivity contribution in [2.45, 2.75) is 0 Å². The van der Waals surface area contributed by atoms with Crippen molar-refractivity contribution < 1.29 is 28.2 Å². The molecule has 0 atom stereocenters. The minimum absolute atomic E-state index is 0.153. The molecule has 0 unspecified atom stereocenters. The van der Waals surface area contributed by atoms with Gasteiger partial charge >= 0.3 is 0 Å². The topological polar surface area (TPSA) is 84.9 Å². The van der Waals surface area contributed by atoms with Crippen molar-refractivity contribution >= 4 is 40.6 Å². The maximum atomic E-state index is 13.2. The fourth-order valence-corrected chi connectivity index (χ4v) is 3.54. The number of anilines is 1. The molecule has 1 saturated heterocycles. The highest BCUT2D eigenvalue weighted by molar-refractivity contribution is 8.18. The standard InChI is InChI=1S/C20H17FN2O5S/c1-27-15-8-3-5-12(18(15)28-2)9-16-19(25)23(20(26)29-16)11-17(24)22-14-7-4-6-13(21)10-14/h3-10H,11H2,1-2H3,(H,22,24)/b16-9+. The Morgan fingerprint density at radius 2 is 1.93 bits per heavy atom. The summed E-state index contributed by atoms with van der Waals surface area (Å²) in [5.41, 5.74) is 0.792. The summed E-state index contributed by atoms with van der Waals surface area (Å²) in [7, 11) is 2.96. The molecule has 3 rings (SSSR count). The number of hydrogen-bond acceptors (Lipinski definition) is 6. The maximum absolute atomic E-state index is 13.2. The molecule has 150 valence electrons. The molecule has 7 nitrogen and oxygen atoms in total. The van der Waals surface area contributed by atoms with Gasteiger partial charge in [-0.3, -0.25) is 19.3 Å². The predicted octanol–water partition coefficient (Wildman–Crippen LogP) is 3.52. The molecule has 2 aromatic carbocycles. The molecule has 1 N–H and O–H groups in total. The number of carbonyl (C=O) groups is 3. The number of imide groups is 1. The van der Waals surface area contributed by atoms with E-state index in [4.69, 9.17) is 9.47 Å². The van der Waals surface area contributed by atoms with E-state index in [1.165, 1.54) is 38.5 Å². The molecule has 0 spiro atoms. The summed E-state index contributed by atoms with van der Waals surface area (Å²) in [6.45, 7) is -0.478. The molecule has 1 aliphatic rings. The van der Waals surface area contributed by atoms with Crippen LogP contribution >= 0.6 is 11.8 Å². The van der Waals surface area contributed by atoms with E-state index in [1.807, 2.05) is 0 Å². The lowest BCUT2D eigenvalue weighted by Gasteiger charge is -2.12. The number of amides is 3. The Morgan fingerprint density at radius 3 is 2.62 bits per heavy atom. The summed E-state index contributed by atoms with van der Waals surface area (Å²) < 4.78 is 23.8. The van der Waals surface area contributed by atoms with Gasteiger partial charge in [0.25, 0.3) is 11.1 Å². The van der Waals surface area contributed by atoms with Crippen molar-refractivity contribution in [1.29, 1.82) is 0 Å². The van der Waals surface area contributed by atoms with Gasteiger partial charge in [-0.05, 0) is 42.1 Å². The molecule has 3 amide bonds. The molecule has 2 aromatic rings. The number of ether oxygens (including phenoxy) is 2. The number of nitrogens with one attached hydrogen (secondary N) is 1. The quantitative estimate of drug-likeness (QED) is 0.726. The monoisotopic (exact) mass is 416 g/mol. The fourth-order valence-electron chi connectivity index (χ4n) is 2.71. The maximum Gasteiger partial charge on any atom is 0.294 e. The molecule has 0 aliphatic carbocycles. The van der Waals surface area contributed by atoms with Crippen LogP contribution in [0.15, 0.2) is 47.4 Å². The zero-order valence-corrected chi connectivity index (χ0v) is 16.4. The van der Waals surface area contributed by atoms with Gasteiger partial charge in [-0.15, -0.1) is 0 Å². The van der Waals surface area contributed by atoms with E-state index in [1.54, 1.807) is 18.2 Å². The highest BCUT2D eigenvalue weighted by Gasteiger charge is 2.36. The average Bonchev–Trinajstić information content (AvgIpc) is 2.95. The summed E-state index contributed by atoms with van der Waals surface area (Å²) in [6, 6.07) is 10.5. The first-order valence-corrected chi connectivity index (χ1v) is 9.26. The van der Waals surface area contributed by atoms with E-state index in [-0.39, 0.29) is 10.6 Å². The second kappa shape index (κ2) is 8.78. The number of para-hydroxylation sites is 1. The number of carbonyl (C=O) groups excluding carboxylic acids is 3. The smallest absolute Gasteiger partial charge is 0.294 e. The van der Waals surface area contributed by atoms with Gasteiger partial charge in [0.2, 0.25) is 5.91 Å². The van der Waals surface area contributed by atoms with Gasteiger partial charge in [-0.25, -0.2) is 4.39 Å². The normalized spacial score (nSPS) is 15.0. The Kier molecular flexibility index (Phi) is 6.18. The first kappa shape index (κ1) is 20.4. The van der Waals surface area contributed by atoms with E-state index in [2.05, 4.69) is 5.32 Å². The van der Waals surface area contributed by atoms with Crippen molar-refractivity contribution in [3.63, 3.8) is 0 Å². The minimum Gasteiger partial charge on any atom is -0.493 e. The van der Waals surface area contributed by atoms with Crippen LogP contribution in [0.2, 0.25) is 0 Å². The van der Waals surface area contributed by atoms with E-state index in [0.717, 1.165) is 22.7 Å². The summed E-state index contributed by atoms with van der Waals surface area (Å²) in [6.07, 6.45) is 1.51. The predicted molar refractivity (Wildman–Crippen MR) is 107 cm³/mol. The van der Waals surface area contributed by atoms with Crippen molar-refractivity contribution in [3.8, 4) is 11.5 Å². The van der Waals surface area contributed by atoms with Gasteiger partial charge in [-0.2, -0.15) is 0 Å². The Labute approximate surface area is 170 Å². The minimum atomic E-state index is -0.613. The summed E-state index contributed by atoms with van der Waals surface area (Å²) in [4.78, 5) is 38.0. The van der Waals surface area contributed by atoms with E-state index >= 15 is 0 Å². The van der Waals surface area contributed by atoms with E-state index in [9.17, 15) is 18.8 Å². The van der Waals surface area contributed by atoms with E-state index in [0.29, 0.717) is 17.1 Å². The number of hydrogen-bond donors (Lipinski definition) is 1. The summed E-state index contributed by atoms with van der Waals surface area (Å²) >= 11 is 0.722. The Hall–Kier alpha value is -3.33. The molecular weight excluding hydrogens is 399 g/mol. The van der Waals surface area contributed by atoms with Gasteiger partial charge in [0.1, 0.15) is 12.4 Å². The first-order valence-electron chi connectivity index (χ1n) is 8.44. The van der Waals surface area contributed by atoms with Crippen molar-refractivity contribution in [3.05, 3.63) is 58.8 Å². The average molecular weight is 416 g/mol. The molecule has 0 aromatic heterocycles. The van der Waals surface area contributed by atoms with Crippen LogP contribution in [0.1, 0.15) is 5.56 Å². The number of halogens is 1. The molecule has 0 bridgehead atoms. The number of benzene rings is 2. The zero-order chi connectivity index (χ0) is 21.0. The number of rotatable bonds is 6. The molecule has 1 fully saturated rings. The van der Waals surface area contributed by atoms with Crippen LogP contribution in [0, 0.1) is 5.82 Å². The fraction of sp³-hybridized carbons (Fsp3) is 0.150. The van der Waals surface area contributed by atoms with Crippen LogP contribution in [0.3, 0.4) is 0 Å². The van der Waals surface area contributed by atoms with Gasteiger partial charge in [0, 0.05) is 11.3 Å².